The summed E-state index contributed by atoms with van der Waals surface area (Å²) in [6.07, 6.45) is 0.986. The Kier molecular flexibility index (Phi) is 4.72. The first-order valence-electron chi connectivity index (χ1n) is 9.62. The molecule has 0 bridgehead atoms. The standard InChI is InChI=1S/C21H25N3O3/c1-14(2)11-24-12-16(10-19(24)25)21(26)23-9-8-18-17(13-23)22-20(27-18)15-6-4-3-5-7-15/h3-7,14,16H,8-13H2,1-2H3. The fourth-order valence-corrected chi connectivity index (χ4v) is 3.90. The molecule has 4 rings (SSSR count). The Hall–Kier alpha value is -2.63. The fraction of sp³-hybridized carbons (Fsp3) is 0.476. The van der Waals surface area contributed by atoms with Crippen molar-refractivity contribution in [2.45, 2.75) is 33.2 Å². The lowest BCUT2D eigenvalue weighted by atomic mass is 10.0. The predicted octanol–water partition coefficient (Wildman–Crippen LogP) is 2.73. The molecule has 1 unspecified atom stereocenters. The number of hydrogen-bond donors (Lipinski definition) is 0. The van der Waals surface area contributed by atoms with Crippen LogP contribution < -0.4 is 0 Å². The summed E-state index contributed by atoms with van der Waals surface area (Å²) in [5.41, 5.74) is 1.77. The smallest absolute Gasteiger partial charge is 0.228 e. The molecule has 0 N–H and O–H groups in total. The van der Waals surface area contributed by atoms with Gasteiger partial charge in [-0.15, -0.1) is 0 Å². The minimum absolute atomic E-state index is 0.0597. The zero-order valence-electron chi connectivity index (χ0n) is 15.9. The number of nitrogens with zero attached hydrogens (tertiary/aromatic N) is 3. The Balaban J connectivity index is 1.44. The highest BCUT2D eigenvalue weighted by Crippen LogP contribution is 2.28. The molecular weight excluding hydrogens is 342 g/mol. The van der Waals surface area contributed by atoms with Crippen LogP contribution in [0.15, 0.2) is 34.7 Å². The molecule has 2 amide bonds. The van der Waals surface area contributed by atoms with E-state index in [0.717, 1.165) is 23.6 Å². The maximum absolute atomic E-state index is 13.0. The third kappa shape index (κ3) is 3.61. The van der Waals surface area contributed by atoms with Gasteiger partial charge in [-0.05, 0) is 18.1 Å². The highest BCUT2D eigenvalue weighted by molar-refractivity contribution is 5.89. The summed E-state index contributed by atoms with van der Waals surface area (Å²) in [6, 6.07) is 9.79. The number of rotatable bonds is 4. The van der Waals surface area contributed by atoms with Gasteiger partial charge in [0.15, 0.2) is 0 Å². The minimum atomic E-state index is -0.238. The molecule has 0 saturated carbocycles. The number of benzene rings is 1. The van der Waals surface area contributed by atoms with Crippen LogP contribution in [0, 0.1) is 11.8 Å². The lowest BCUT2D eigenvalue weighted by molar-refractivity contribution is -0.136. The van der Waals surface area contributed by atoms with Crippen LogP contribution in [0.4, 0.5) is 0 Å². The molecule has 142 valence electrons. The summed E-state index contributed by atoms with van der Waals surface area (Å²) in [5.74, 6) is 1.79. The van der Waals surface area contributed by atoms with Crippen LogP contribution in [0.1, 0.15) is 31.7 Å². The van der Waals surface area contributed by atoms with Crippen molar-refractivity contribution in [2.75, 3.05) is 19.6 Å². The molecule has 2 aromatic rings. The number of fused-ring (bicyclic) bond motifs is 1. The van der Waals surface area contributed by atoms with Crippen LogP contribution in [-0.4, -0.2) is 46.2 Å². The summed E-state index contributed by atoms with van der Waals surface area (Å²) in [6.45, 7) is 6.50. The Morgan fingerprint density at radius 1 is 1.30 bits per heavy atom. The molecule has 1 saturated heterocycles. The largest absolute Gasteiger partial charge is 0.441 e. The fourth-order valence-electron chi connectivity index (χ4n) is 3.90. The summed E-state index contributed by atoms with van der Waals surface area (Å²) >= 11 is 0. The summed E-state index contributed by atoms with van der Waals surface area (Å²) in [4.78, 5) is 33.4. The van der Waals surface area contributed by atoms with E-state index < -0.39 is 0 Å². The normalized spacial score (nSPS) is 19.7. The highest BCUT2D eigenvalue weighted by atomic mass is 16.4. The van der Waals surface area contributed by atoms with Gasteiger partial charge in [-0.3, -0.25) is 9.59 Å². The van der Waals surface area contributed by atoms with Gasteiger partial charge >= 0.3 is 0 Å². The van der Waals surface area contributed by atoms with E-state index in [1.54, 1.807) is 0 Å². The monoisotopic (exact) mass is 367 g/mol. The minimum Gasteiger partial charge on any atom is -0.441 e. The highest BCUT2D eigenvalue weighted by Gasteiger charge is 2.38. The van der Waals surface area contributed by atoms with Crippen molar-refractivity contribution in [3.8, 4) is 11.5 Å². The lowest BCUT2D eigenvalue weighted by Crippen LogP contribution is -2.40. The lowest BCUT2D eigenvalue weighted by Gasteiger charge is -2.28. The van der Waals surface area contributed by atoms with E-state index in [2.05, 4.69) is 18.8 Å². The molecule has 6 heteroatoms. The molecule has 6 nitrogen and oxygen atoms in total. The number of carbonyl (C=O) groups is 2. The first kappa shape index (κ1) is 17.8. The summed E-state index contributed by atoms with van der Waals surface area (Å²) in [5, 5.41) is 0. The van der Waals surface area contributed by atoms with Crippen molar-refractivity contribution in [3.63, 3.8) is 0 Å². The van der Waals surface area contributed by atoms with E-state index in [-0.39, 0.29) is 17.7 Å². The average Bonchev–Trinajstić information content (AvgIpc) is 3.24. The average molecular weight is 367 g/mol. The van der Waals surface area contributed by atoms with Gasteiger partial charge in [0.05, 0.1) is 12.5 Å². The van der Waals surface area contributed by atoms with Crippen molar-refractivity contribution < 1.29 is 14.0 Å². The SMILES string of the molecule is CC(C)CN1CC(C(=O)N2CCc3oc(-c4ccccc4)nc3C2)CC1=O. The molecule has 2 aliphatic rings. The van der Waals surface area contributed by atoms with Crippen molar-refractivity contribution in [1.82, 2.24) is 14.8 Å². The van der Waals surface area contributed by atoms with Crippen LogP contribution in [0.25, 0.3) is 11.5 Å². The predicted molar refractivity (Wildman–Crippen MR) is 101 cm³/mol. The second kappa shape index (κ2) is 7.18. The molecule has 1 fully saturated rings. The Morgan fingerprint density at radius 3 is 2.81 bits per heavy atom. The third-order valence-electron chi connectivity index (χ3n) is 5.21. The van der Waals surface area contributed by atoms with Gasteiger partial charge < -0.3 is 14.2 Å². The number of likely N-dealkylation sites (tertiary alicyclic amines) is 1. The van der Waals surface area contributed by atoms with E-state index in [1.807, 2.05) is 40.1 Å². The van der Waals surface area contributed by atoms with Gasteiger partial charge in [0, 0.05) is 38.0 Å². The molecule has 0 spiro atoms. The number of hydrogen-bond acceptors (Lipinski definition) is 4. The van der Waals surface area contributed by atoms with Crippen molar-refractivity contribution in [1.29, 1.82) is 0 Å². The van der Waals surface area contributed by atoms with E-state index in [4.69, 9.17) is 4.42 Å². The second-order valence-corrected chi connectivity index (χ2v) is 7.86. The number of oxazole rings is 1. The van der Waals surface area contributed by atoms with Gasteiger partial charge in [-0.25, -0.2) is 4.98 Å². The summed E-state index contributed by atoms with van der Waals surface area (Å²) < 4.78 is 5.91. The second-order valence-electron chi connectivity index (χ2n) is 7.86. The quantitative estimate of drug-likeness (QED) is 0.833. The Bertz CT molecular complexity index is 844. The van der Waals surface area contributed by atoms with E-state index in [1.165, 1.54) is 0 Å². The molecule has 1 aromatic heterocycles. The van der Waals surface area contributed by atoms with E-state index in [0.29, 0.717) is 44.3 Å². The number of amides is 2. The van der Waals surface area contributed by atoms with Crippen molar-refractivity contribution >= 4 is 11.8 Å². The van der Waals surface area contributed by atoms with E-state index in [9.17, 15) is 9.59 Å². The maximum Gasteiger partial charge on any atom is 0.228 e. The molecule has 1 aromatic carbocycles. The van der Waals surface area contributed by atoms with Crippen molar-refractivity contribution in [2.24, 2.45) is 11.8 Å². The van der Waals surface area contributed by atoms with Crippen molar-refractivity contribution in [3.05, 3.63) is 41.8 Å². The molecular formula is C21H25N3O3. The van der Waals surface area contributed by atoms with Crippen LogP contribution in [-0.2, 0) is 22.6 Å². The van der Waals surface area contributed by atoms with Gasteiger partial charge in [0.25, 0.3) is 0 Å². The number of carbonyl (C=O) groups excluding carboxylic acids is 2. The molecule has 2 aliphatic heterocycles. The zero-order valence-corrected chi connectivity index (χ0v) is 15.9. The molecule has 27 heavy (non-hydrogen) atoms. The number of aromatic nitrogens is 1. The van der Waals surface area contributed by atoms with Crippen LogP contribution in [0.3, 0.4) is 0 Å². The van der Waals surface area contributed by atoms with Crippen LogP contribution in [0.5, 0.6) is 0 Å². The van der Waals surface area contributed by atoms with Crippen LogP contribution in [0.2, 0.25) is 0 Å². The van der Waals surface area contributed by atoms with Gasteiger partial charge in [0.1, 0.15) is 11.5 Å². The molecule has 1 atom stereocenters. The molecule has 0 radical (unpaired) electrons. The Morgan fingerprint density at radius 2 is 2.07 bits per heavy atom. The van der Waals surface area contributed by atoms with E-state index >= 15 is 0 Å². The zero-order chi connectivity index (χ0) is 19.0. The van der Waals surface area contributed by atoms with Crippen LogP contribution >= 0.6 is 0 Å². The first-order chi connectivity index (χ1) is 13.0. The summed E-state index contributed by atoms with van der Waals surface area (Å²) in [7, 11) is 0. The van der Waals surface area contributed by atoms with Gasteiger partial charge in [-0.2, -0.15) is 0 Å². The first-order valence-corrected chi connectivity index (χ1v) is 9.62. The van der Waals surface area contributed by atoms with Gasteiger partial charge in [0.2, 0.25) is 17.7 Å². The Labute approximate surface area is 159 Å². The molecule has 3 heterocycles. The molecule has 0 aliphatic carbocycles. The van der Waals surface area contributed by atoms with Gasteiger partial charge in [-0.1, -0.05) is 32.0 Å². The topological polar surface area (TPSA) is 66.7 Å². The maximum atomic E-state index is 13.0. The third-order valence-corrected chi connectivity index (χ3v) is 5.21.